The molecule has 2 aromatic rings. The van der Waals surface area contributed by atoms with E-state index in [2.05, 4.69) is 27.1 Å². The summed E-state index contributed by atoms with van der Waals surface area (Å²) in [6.45, 7) is 3.15. The topological polar surface area (TPSA) is 109 Å². The van der Waals surface area contributed by atoms with Gasteiger partial charge >= 0.3 is 0 Å². The number of carbonyl (C=O) groups excluding carboxylic acids is 1. The van der Waals surface area contributed by atoms with Crippen molar-refractivity contribution < 1.29 is 18.3 Å². The Bertz CT molecular complexity index is 1170. The maximum absolute atomic E-state index is 12.8. The van der Waals surface area contributed by atoms with Crippen LogP contribution in [0.25, 0.3) is 0 Å². The number of carbonyl (C=O) groups is 1. The number of aliphatic hydroxyl groups is 1. The fourth-order valence-electron chi connectivity index (χ4n) is 4.03. The number of hydrogen-bond donors (Lipinski definition) is 2. The second kappa shape index (κ2) is 10.2. The molecule has 1 aromatic carbocycles. The molecule has 1 fully saturated rings. The van der Waals surface area contributed by atoms with Gasteiger partial charge in [-0.15, -0.1) is 0 Å². The number of anilines is 1. The molecule has 7 nitrogen and oxygen atoms in total. The second-order valence-corrected chi connectivity index (χ2v) is 11.4. The molecule has 1 aliphatic carbocycles. The van der Waals surface area contributed by atoms with E-state index in [9.17, 15) is 18.3 Å². The minimum atomic E-state index is -3.42. The first kappa shape index (κ1) is 25.2. The van der Waals surface area contributed by atoms with Gasteiger partial charge in [0.2, 0.25) is 5.91 Å². The van der Waals surface area contributed by atoms with Gasteiger partial charge in [0.15, 0.2) is 15.7 Å². The Balaban J connectivity index is 1.75. The molecule has 1 saturated carbocycles. The summed E-state index contributed by atoms with van der Waals surface area (Å²) in [6.07, 6.45) is 8.45. The van der Waals surface area contributed by atoms with Crippen LogP contribution in [0.5, 0.6) is 0 Å². The maximum atomic E-state index is 12.8. The first-order valence-corrected chi connectivity index (χ1v) is 13.1. The van der Waals surface area contributed by atoms with Crippen LogP contribution in [0.3, 0.4) is 0 Å². The second-order valence-electron chi connectivity index (χ2n) is 8.96. The largest absolute Gasteiger partial charge is 0.378 e. The molecule has 0 saturated heterocycles. The lowest BCUT2D eigenvalue weighted by molar-refractivity contribution is -0.116. The Kier molecular flexibility index (Phi) is 7.78. The number of aromatic nitrogens is 2. The lowest BCUT2D eigenvalue weighted by atomic mass is 9.82. The number of hydrogen-bond acceptors (Lipinski definition) is 6. The van der Waals surface area contributed by atoms with Crippen molar-refractivity contribution in [3.05, 3.63) is 46.9 Å². The molecular weight excluding hydrogens is 462 g/mol. The van der Waals surface area contributed by atoms with E-state index in [0.29, 0.717) is 17.4 Å². The molecule has 0 aliphatic heterocycles. The fraction of sp³-hybridized carbons (Fsp3) is 0.458. The van der Waals surface area contributed by atoms with Gasteiger partial charge in [-0.1, -0.05) is 36.4 Å². The highest BCUT2D eigenvalue weighted by atomic mass is 35.5. The highest BCUT2D eigenvalue weighted by Gasteiger charge is 2.29. The zero-order valence-electron chi connectivity index (χ0n) is 18.9. The van der Waals surface area contributed by atoms with E-state index >= 15 is 0 Å². The molecule has 9 heteroatoms. The molecule has 1 unspecified atom stereocenters. The molecular formula is C24H28ClN3O4S. The Morgan fingerprint density at radius 1 is 1.27 bits per heavy atom. The van der Waals surface area contributed by atoms with Gasteiger partial charge in [-0.2, -0.15) is 0 Å². The summed E-state index contributed by atoms with van der Waals surface area (Å²) in [4.78, 5) is 21.3. The summed E-state index contributed by atoms with van der Waals surface area (Å²) in [6, 6.07) is 4.95. The Hall–Kier alpha value is -2.47. The zero-order chi connectivity index (χ0) is 24.2. The standard InChI is InChI=1S/C24H28ClN3O4S/c1-24(2,30)11-10-18-14-27-22(15-26-18)28-23(29)13-19(16-6-4-5-7-16)17-8-9-21(20(25)12-17)33(3,31)32/h8-9,12,14-16,19,30H,4-7,13H2,1-3H3,(H,27,28,29). The zero-order valence-corrected chi connectivity index (χ0v) is 20.5. The Morgan fingerprint density at radius 2 is 1.97 bits per heavy atom. The smallest absolute Gasteiger partial charge is 0.226 e. The summed E-state index contributed by atoms with van der Waals surface area (Å²) in [7, 11) is -3.42. The third kappa shape index (κ3) is 7.26. The van der Waals surface area contributed by atoms with Crippen LogP contribution in [0.4, 0.5) is 5.82 Å². The van der Waals surface area contributed by atoms with E-state index in [1.54, 1.807) is 26.0 Å². The maximum Gasteiger partial charge on any atom is 0.226 e. The molecule has 3 rings (SSSR count). The molecule has 1 heterocycles. The molecule has 176 valence electrons. The van der Waals surface area contributed by atoms with Crippen LogP contribution < -0.4 is 5.32 Å². The number of nitrogens with zero attached hydrogens (tertiary/aromatic N) is 2. The third-order valence-corrected chi connectivity index (χ3v) is 7.15. The molecule has 0 spiro atoms. The van der Waals surface area contributed by atoms with Crippen LogP contribution in [-0.2, 0) is 14.6 Å². The normalized spacial score (nSPS) is 15.5. The third-order valence-electron chi connectivity index (χ3n) is 5.57. The van der Waals surface area contributed by atoms with Gasteiger partial charge < -0.3 is 10.4 Å². The number of nitrogens with one attached hydrogen (secondary N) is 1. The van der Waals surface area contributed by atoms with Crippen LogP contribution >= 0.6 is 11.6 Å². The van der Waals surface area contributed by atoms with E-state index in [1.807, 2.05) is 0 Å². The van der Waals surface area contributed by atoms with E-state index in [1.165, 1.54) is 18.5 Å². The van der Waals surface area contributed by atoms with Gasteiger partial charge in [0.05, 0.1) is 22.3 Å². The molecule has 33 heavy (non-hydrogen) atoms. The minimum absolute atomic E-state index is 0.0801. The van der Waals surface area contributed by atoms with E-state index in [-0.39, 0.29) is 28.2 Å². The first-order chi connectivity index (χ1) is 15.4. The van der Waals surface area contributed by atoms with Crippen molar-refractivity contribution in [1.29, 1.82) is 0 Å². The van der Waals surface area contributed by atoms with Crippen molar-refractivity contribution in [3.8, 4) is 11.8 Å². The minimum Gasteiger partial charge on any atom is -0.378 e. The summed E-state index contributed by atoms with van der Waals surface area (Å²) in [5.74, 6) is 5.74. The molecule has 1 aliphatic rings. The van der Waals surface area contributed by atoms with Crippen LogP contribution in [0.15, 0.2) is 35.5 Å². The van der Waals surface area contributed by atoms with Gasteiger partial charge in [0, 0.05) is 12.7 Å². The number of benzene rings is 1. The van der Waals surface area contributed by atoms with E-state index in [0.717, 1.165) is 37.5 Å². The number of rotatable bonds is 6. The van der Waals surface area contributed by atoms with Gasteiger partial charge in [-0.3, -0.25) is 4.79 Å². The van der Waals surface area contributed by atoms with Gasteiger partial charge in [0.1, 0.15) is 11.3 Å². The Labute approximate surface area is 199 Å². The lowest BCUT2D eigenvalue weighted by Crippen LogP contribution is -2.20. The summed E-state index contributed by atoms with van der Waals surface area (Å²) in [5, 5.41) is 12.6. The van der Waals surface area contributed by atoms with Crippen LogP contribution in [-0.4, -0.2) is 41.3 Å². The molecule has 1 amide bonds. The van der Waals surface area contributed by atoms with Gasteiger partial charge in [-0.25, -0.2) is 18.4 Å². The van der Waals surface area contributed by atoms with Gasteiger partial charge in [-0.05, 0) is 62.1 Å². The van der Waals surface area contributed by atoms with Crippen molar-refractivity contribution in [2.75, 3.05) is 11.6 Å². The molecule has 0 radical (unpaired) electrons. The SMILES string of the molecule is CC(C)(O)C#Cc1cnc(NC(=O)CC(c2ccc(S(C)(=O)=O)c(Cl)c2)C2CCCC2)cn1. The van der Waals surface area contributed by atoms with Crippen molar-refractivity contribution in [3.63, 3.8) is 0 Å². The van der Waals surface area contributed by atoms with Crippen LogP contribution in [0, 0.1) is 17.8 Å². The first-order valence-electron chi connectivity index (χ1n) is 10.8. The average molecular weight is 490 g/mol. The van der Waals surface area contributed by atoms with Gasteiger partial charge in [0.25, 0.3) is 0 Å². The van der Waals surface area contributed by atoms with E-state index < -0.39 is 15.4 Å². The molecule has 1 aromatic heterocycles. The Morgan fingerprint density at radius 3 is 2.52 bits per heavy atom. The van der Waals surface area contributed by atoms with E-state index in [4.69, 9.17) is 11.6 Å². The lowest BCUT2D eigenvalue weighted by Gasteiger charge is -2.24. The highest BCUT2D eigenvalue weighted by molar-refractivity contribution is 7.90. The average Bonchev–Trinajstić information content (AvgIpc) is 3.24. The summed E-state index contributed by atoms with van der Waals surface area (Å²) < 4.78 is 23.8. The van der Waals surface area contributed by atoms with Crippen LogP contribution in [0.2, 0.25) is 5.02 Å². The molecule has 0 bridgehead atoms. The van der Waals surface area contributed by atoms with Crippen molar-refractivity contribution in [1.82, 2.24) is 9.97 Å². The molecule has 2 N–H and O–H groups in total. The summed E-state index contributed by atoms with van der Waals surface area (Å²) >= 11 is 6.28. The monoisotopic (exact) mass is 489 g/mol. The fourth-order valence-corrected chi connectivity index (χ4v) is 5.37. The van der Waals surface area contributed by atoms with Crippen molar-refractivity contribution >= 4 is 33.2 Å². The quantitative estimate of drug-likeness (QED) is 0.594. The van der Waals surface area contributed by atoms with Crippen molar-refractivity contribution in [2.45, 2.75) is 62.4 Å². The number of sulfone groups is 1. The molecule has 1 atom stereocenters. The number of amides is 1. The van der Waals surface area contributed by atoms with Crippen LogP contribution in [0.1, 0.15) is 63.1 Å². The van der Waals surface area contributed by atoms with Crippen molar-refractivity contribution in [2.24, 2.45) is 5.92 Å². The summed E-state index contributed by atoms with van der Waals surface area (Å²) in [5.41, 5.74) is 0.115. The number of halogens is 1. The highest BCUT2D eigenvalue weighted by Crippen LogP contribution is 2.40. The predicted molar refractivity (Wildman–Crippen MR) is 128 cm³/mol. The predicted octanol–water partition coefficient (Wildman–Crippen LogP) is 3.96.